The first-order valence-corrected chi connectivity index (χ1v) is 8.83. The Labute approximate surface area is 147 Å². The molecule has 0 spiro atoms. The van der Waals surface area contributed by atoms with Gasteiger partial charge in [0.05, 0.1) is 13.2 Å². The molecule has 6 heteroatoms. The normalized spacial score (nSPS) is 11.4. The Balaban J connectivity index is 1.87. The van der Waals surface area contributed by atoms with E-state index in [1.54, 1.807) is 25.5 Å². The van der Waals surface area contributed by atoms with Crippen LogP contribution in [0.3, 0.4) is 0 Å². The summed E-state index contributed by atoms with van der Waals surface area (Å²) in [7, 11) is 3.46. The second-order valence-corrected chi connectivity index (χ2v) is 6.30. The highest BCUT2D eigenvalue weighted by atomic mass is 32.1. The molecular weight excluding hydrogens is 322 g/mol. The highest BCUT2D eigenvalue weighted by molar-refractivity contribution is 7.10. The fourth-order valence-corrected chi connectivity index (χ4v) is 2.97. The monoisotopic (exact) mass is 347 g/mol. The summed E-state index contributed by atoms with van der Waals surface area (Å²) in [6, 6.07) is 10.00. The largest absolute Gasteiger partial charge is 0.493 e. The van der Waals surface area contributed by atoms with E-state index < -0.39 is 0 Å². The van der Waals surface area contributed by atoms with Crippen LogP contribution in [0.25, 0.3) is 0 Å². The minimum atomic E-state index is 0.641. The van der Waals surface area contributed by atoms with Gasteiger partial charge in [0.1, 0.15) is 5.75 Å². The van der Waals surface area contributed by atoms with Gasteiger partial charge in [-0.15, -0.1) is 11.3 Å². The molecule has 0 radical (unpaired) electrons. The van der Waals surface area contributed by atoms with Crippen LogP contribution < -0.4 is 15.4 Å². The molecule has 0 aliphatic carbocycles. The van der Waals surface area contributed by atoms with Crippen molar-refractivity contribution in [3.8, 4) is 5.75 Å². The van der Waals surface area contributed by atoms with E-state index in [0.717, 1.165) is 30.4 Å². The average molecular weight is 347 g/mol. The van der Waals surface area contributed by atoms with Gasteiger partial charge in [-0.3, -0.25) is 4.99 Å². The zero-order chi connectivity index (χ0) is 17.2. The van der Waals surface area contributed by atoms with Crippen LogP contribution in [-0.2, 0) is 11.3 Å². The number of methoxy groups -OCH3 is 1. The lowest BCUT2D eigenvalue weighted by atomic mass is 10.3. The maximum Gasteiger partial charge on any atom is 0.195 e. The smallest absolute Gasteiger partial charge is 0.195 e. The van der Waals surface area contributed by atoms with Crippen LogP contribution in [0.5, 0.6) is 5.75 Å². The Bertz CT molecular complexity index is 655. The van der Waals surface area contributed by atoms with Crippen LogP contribution in [0.4, 0.5) is 5.69 Å². The Hall–Kier alpha value is -2.05. The fourth-order valence-electron chi connectivity index (χ4n) is 2.12. The van der Waals surface area contributed by atoms with Crippen LogP contribution in [0.1, 0.15) is 16.9 Å². The molecule has 0 saturated heterocycles. The Morgan fingerprint density at radius 3 is 2.83 bits per heavy atom. The molecule has 2 rings (SSSR count). The number of benzene rings is 1. The summed E-state index contributed by atoms with van der Waals surface area (Å²) in [6.45, 7) is 4.23. The van der Waals surface area contributed by atoms with Crippen LogP contribution >= 0.6 is 11.3 Å². The van der Waals surface area contributed by atoms with Crippen LogP contribution in [-0.4, -0.2) is 33.3 Å². The van der Waals surface area contributed by atoms with Gasteiger partial charge in [0.2, 0.25) is 0 Å². The van der Waals surface area contributed by atoms with Gasteiger partial charge in [0.15, 0.2) is 5.96 Å². The molecule has 2 N–H and O–H groups in total. The van der Waals surface area contributed by atoms with E-state index in [4.69, 9.17) is 9.47 Å². The molecular formula is C18H25N3O2S. The predicted molar refractivity (Wildman–Crippen MR) is 101 cm³/mol. The van der Waals surface area contributed by atoms with Crippen molar-refractivity contribution < 1.29 is 9.47 Å². The molecule has 0 bridgehead atoms. The molecule has 2 aromatic rings. The zero-order valence-corrected chi connectivity index (χ0v) is 15.3. The molecule has 0 amide bonds. The highest BCUT2D eigenvalue weighted by Crippen LogP contribution is 2.18. The van der Waals surface area contributed by atoms with Gasteiger partial charge in [-0.25, -0.2) is 0 Å². The standard InChI is InChI=1S/C18H25N3O2S/c1-14-8-11-24-17(14)13-20-18(19-2)21-15-6-4-7-16(12-15)23-10-5-9-22-3/h4,6-8,11-12H,5,9-10,13H2,1-3H3,(H2,19,20,21). The molecule has 1 aromatic carbocycles. The lowest BCUT2D eigenvalue weighted by molar-refractivity contribution is 0.172. The van der Waals surface area contributed by atoms with Crippen molar-refractivity contribution in [1.29, 1.82) is 0 Å². The van der Waals surface area contributed by atoms with Crippen molar-refractivity contribution >= 4 is 23.0 Å². The number of aliphatic imine (C=N–C) groups is 1. The molecule has 0 atom stereocenters. The first-order chi connectivity index (χ1) is 11.7. The van der Waals surface area contributed by atoms with E-state index in [1.807, 2.05) is 24.3 Å². The van der Waals surface area contributed by atoms with Crippen LogP contribution in [0.2, 0.25) is 0 Å². The maximum atomic E-state index is 5.72. The lowest BCUT2D eigenvalue weighted by Gasteiger charge is -2.13. The minimum absolute atomic E-state index is 0.641. The third-order valence-electron chi connectivity index (χ3n) is 3.47. The molecule has 0 saturated carbocycles. The van der Waals surface area contributed by atoms with E-state index in [0.29, 0.717) is 13.2 Å². The number of thiophene rings is 1. The first kappa shape index (κ1) is 18.3. The summed E-state index contributed by atoms with van der Waals surface area (Å²) in [5.41, 5.74) is 2.24. The Kier molecular flexibility index (Phi) is 7.58. The number of rotatable bonds is 8. The van der Waals surface area contributed by atoms with Gasteiger partial charge in [0, 0.05) is 43.8 Å². The number of hydrogen-bond acceptors (Lipinski definition) is 4. The van der Waals surface area contributed by atoms with E-state index >= 15 is 0 Å². The van der Waals surface area contributed by atoms with Gasteiger partial charge in [-0.05, 0) is 36.1 Å². The first-order valence-electron chi connectivity index (χ1n) is 7.95. The summed E-state index contributed by atoms with van der Waals surface area (Å²) in [5.74, 6) is 1.57. The summed E-state index contributed by atoms with van der Waals surface area (Å²) in [4.78, 5) is 5.58. The van der Waals surface area contributed by atoms with E-state index in [-0.39, 0.29) is 0 Å². The molecule has 0 fully saturated rings. The van der Waals surface area contributed by atoms with Crippen molar-refractivity contribution in [3.05, 3.63) is 46.2 Å². The topological polar surface area (TPSA) is 54.9 Å². The number of nitrogens with one attached hydrogen (secondary N) is 2. The highest BCUT2D eigenvalue weighted by Gasteiger charge is 2.04. The Morgan fingerprint density at radius 2 is 2.12 bits per heavy atom. The van der Waals surface area contributed by atoms with E-state index in [2.05, 4.69) is 34.0 Å². The number of hydrogen-bond donors (Lipinski definition) is 2. The van der Waals surface area contributed by atoms with Crippen molar-refractivity contribution in [3.63, 3.8) is 0 Å². The number of anilines is 1. The summed E-state index contributed by atoms with van der Waals surface area (Å²) >= 11 is 1.75. The van der Waals surface area contributed by atoms with Crippen molar-refractivity contribution in [2.45, 2.75) is 19.9 Å². The number of nitrogens with zero attached hydrogens (tertiary/aromatic N) is 1. The van der Waals surface area contributed by atoms with Crippen molar-refractivity contribution in [2.75, 3.05) is 32.7 Å². The molecule has 1 aromatic heterocycles. The number of aryl methyl sites for hydroxylation is 1. The molecule has 0 aliphatic heterocycles. The second-order valence-electron chi connectivity index (χ2n) is 5.30. The van der Waals surface area contributed by atoms with Crippen LogP contribution in [0, 0.1) is 6.92 Å². The summed E-state index contributed by atoms with van der Waals surface area (Å²) < 4.78 is 10.7. The molecule has 0 aliphatic rings. The van der Waals surface area contributed by atoms with Gasteiger partial charge in [-0.1, -0.05) is 6.07 Å². The number of guanidine groups is 1. The van der Waals surface area contributed by atoms with Crippen molar-refractivity contribution in [1.82, 2.24) is 5.32 Å². The minimum Gasteiger partial charge on any atom is -0.493 e. The lowest BCUT2D eigenvalue weighted by Crippen LogP contribution is -2.30. The number of ether oxygens (including phenoxy) is 2. The van der Waals surface area contributed by atoms with Gasteiger partial charge >= 0.3 is 0 Å². The quantitative estimate of drug-likeness (QED) is 0.435. The van der Waals surface area contributed by atoms with E-state index in [9.17, 15) is 0 Å². The fraction of sp³-hybridized carbons (Fsp3) is 0.389. The molecule has 130 valence electrons. The Morgan fingerprint density at radius 1 is 1.25 bits per heavy atom. The third-order valence-corrected chi connectivity index (χ3v) is 4.49. The third kappa shape index (κ3) is 5.86. The molecule has 24 heavy (non-hydrogen) atoms. The molecule has 0 unspecified atom stereocenters. The average Bonchev–Trinajstić information content (AvgIpc) is 3.01. The predicted octanol–water partition coefficient (Wildman–Crippen LogP) is 3.66. The second kappa shape index (κ2) is 9.95. The summed E-state index contributed by atoms with van der Waals surface area (Å²) in [5, 5.41) is 8.73. The van der Waals surface area contributed by atoms with Crippen LogP contribution in [0.15, 0.2) is 40.7 Å². The zero-order valence-electron chi connectivity index (χ0n) is 14.5. The van der Waals surface area contributed by atoms with Gasteiger partial charge in [0.25, 0.3) is 0 Å². The molecule has 5 nitrogen and oxygen atoms in total. The summed E-state index contributed by atoms with van der Waals surface area (Å²) in [6.07, 6.45) is 0.873. The van der Waals surface area contributed by atoms with Gasteiger partial charge < -0.3 is 20.1 Å². The van der Waals surface area contributed by atoms with Crippen molar-refractivity contribution in [2.24, 2.45) is 4.99 Å². The molecule has 1 heterocycles. The van der Waals surface area contributed by atoms with Gasteiger partial charge in [-0.2, -0.15) is 0 Å². The van der Waals surface area contributed by atoms with E-state index in [1.165, 1.54) is 10.4 Å². The SMILES string of the molecule is CN=C(NCc1sccc1C)Nc1cccc(OCCCOC)c1. The maximum absolute atomic E-state index is 5.72.